The molecule has 0 atom stereocenters. The zero-order valence-corrected chi connectivity index (χ0v) is 11.6. The highest BCUT2D eigenvalue weighted by Gasteiger charge is 2.05. The number of rotatable bonds is 3. The molecule has 0 aliphatic rings. The molecule has 3 nitrogen and oxygen atoms in total. The standard InChI is InChI=1S/C11H10ClIN2O/c1-16-11-3-2-9(12)4-8(11)6-15-7-10(13)5-14-15/h2-5,7H,6H2,1H3. The molecule has 5 heteroatoms. The fourth-order valence-electron chi connectivity index (χ4n) is 1.47. The van der Waals surface area contributed by atoms with Crippen LogP contribution < -0.4 is 4.74 Å². The highest BCUT2D eigenvalue weighted by atomic mass is 127. The topological polar surface area (TPSA) is 27.1 Å². The summed E-state index contributed by atoms with van der Waals surface area (Å²) in [5.41, 5.74) is 1.02. The minimum Gasteiger partial charge on any atom is -0.496 e. The predicted octanol–water partition coefficient (Wildman–Crippen LogP) is 3.20. The van der Waals surface area contributed by atoms with Crippen LogP contribution in [0.1, 0.15) is 5.56 Å². The predicted molar refractivity (Wildman–Crippen MR) is 72.1 cm³/mol. The maximum Gasteiger partial charge on any atom is 0.124 e. The Morgan fingerprint density at radius 3 is 2.94 bits per heavy atom. The van der Waals surface area contributed by atoms with E-state index in [1.54, 1.807) is 7.11 Å². The molecule has 0 saturated heterocycles. The number of benzene rings is 1. The van der Waals surface area contributed by atoms with Crippen LogP contribution in [0.2, 0.25) is 5.02 Å². The highest BCUT2D eigenvalue weighted by molar-refractivity contribution is 14.1. The van der Waals surface area contributed by atoms with Crippen molar-refractivity contribution in [2.45, 2.75) is 6.54 Å². The van der Waals surface area contributed by atoms with Crippen molar-refractivity contribution in [1.29, 1.82) is 0 Å². The number of nitrogens with zero attached hydrogens (tertiary/aromatic N) is 2. The summed E-state index contributed by atoms with van der Waals surface area (Å²) in [5, 5.41) is 4.93. The first-order valence-corrected chi connectivity index (χ1v) is 6.15. The van der Waals surface area contributed by atoms with Gasteiger partial charge in [-0.25, -0.2) is 0 Å². The van der Waals surface area contributed by atoms with Crippen LogP contribution in [0.15, 0.2) is 30.6 Å². The maximum absolute atomic E-state index is 5.96. The lowest BCUT2D eigenvalue weighted by Gasteiger charge is -2.08. The number of ether oxygens (including phenoxy) is 1. The Kier molecular flexibility index (Phi) is 3.70. The van der Waals surface area contributed by atoms with Crippen molar-refractivity contribution >= 4 is 34.2 Å². The van der Waals surface area contributed by atoms with Gasteiger partial charge in [0.1, 0.15) is 5.75 Å². The maximum atomic E-state index is 5.96. The van der Waals surface area contributed by atoms with Crippen LogP contribution in [-0.4, -0.2) is 16.9 Å². The molecule has 1 aromatic carbocycles. The third-order valence-electron chi connectivity index (χ3n) is 2.18. The zero-order valence-electron chi connectivity index (χ0n) is 8.65. The third-order valence-corrected chi connectivity index (χ3v) is 2.97. The second kappa shape index (κ2) is 5.05. The molecule has 84 valence electrons. The summed E-state index contributed by atoms with van der Waals surface area (Å²) >= 11 is 8.19. The van der Waals surface area contributed by atoms with Gasteiger partial charge in [0.05, 0.1) is 23.4 Å². The minimum atomic E-state index is 0.659. The van der Waals surface area contributed by atoms with Crippen LogP contribution in [-0.2, 0) is 6.54 Å². The van der Waals surface area contributed by atoms with Gasteiger partial charge in [0, 0.05) is 16.8 Å². The average molecular weight is 349 g/mol. The van der Waals surface area contributed by atoms with Crippen molar-refractivity contribution in [2.75, 3.05) is 7.11 Å². The molecular formula is C11H10ClIN2O. The monoisotopic (exact) mass is 348 g/mol. The molecule has 2 rings (SSSR count). The third kappa shape index (κ3) is 2.68. The van der Waals surface area contributed by atoms with Crippen molar-refractivity contribution in [2.24, 2.45) is 0 Å². The quantitative estimate of drug-likeness (QED) is 0.797. The van der Waals surface area contributed by atoms with Gasteiger partial charge >= 0.3 is 0 Å². The van der Waals surface area contributed by atoms with Crippen LogP contribution in [0, 0.1) is 3.57 Å². The van der Waals surface area contributed by atoms with E-state index >= 15 is 0 Å². The molecule has 0 fully saturated rings. The molecule has 2 aromatic rings. The lowest BCUT2D eigenvalue weighted by molar-refractivity contribution is 0.407. The summed E-state index contributed by atoms with van der Waals surface area (Å²) in [6, 6.07) is 5.58. The van der Waals surface area contributed by atoms with Crippen LogP contribution >= 0.6 is 34.2 Å². The Balaban J connectivity index is 2.29. The van der Waals surface area contributed by atoms with Gasteiger partial charge in [0.25, 0.3) is 0 Å². The van der Waals surface area contributed by atoms with Gasteiger partial charge < -0.3 is 4.74 Å². The summed E-state index contributed by atoms with van der Waals surface area (Å²) in [7, 11) is 1.65. The summed E-state index contributed by atoms with van der Waals surface area (Å²) < 4.78 is 8.24. The molecule has 16 heavy (non-hydrogen) atoms. The minimum absolute atomic E-state index is 0.659. The highest BCUT2D eigenvalue weighted by Crippen LogP contribution is 2.23. The first kappa shape index (κ1) is 11.7. The zero-order chi connectivity index (χ0) is 11.5. The van der Waals surface area contributed by atoms with E-state index in [9.17, 15) is 0 Å². The van der Waals surface area contributed by atoms with Crippen molar-refractivity contribution < 1.29 is 4.74 Å². The molecule has 0 aliphatic heterocycles. The number of halogens is 2. The fraction of sp³-hybridized carbons (Fsp3) is 0.182. The molecule has 0 spiro atoms. The van der Waals surface area contributed by atoms with Crippen molar-refractivity contribution in [3.05, 3.63) is 44.7 Å². The van der Waals surface area contributed by atoms with Gasteiger partial charge in [-0.15, -0.1) is 0 Å². The van der Waals surface area contributed by atoms with Crippen molar-refractivity contribution in [3.8, 4) is 5.75 Å². The van der Waals surface area contributed by atoms with E-state index in [1.165, 1.54) is 0 Å². The fourth-order valence-corrected chi connectivity index (χ4v) is 2.11. The smallest absolute Gasteiger partial charge is 0.124 e. The van der Waals surface area contributed by atoms with E-state index in [0.29, 0.717) is 11.6 Å². The van der Waals surface area contributed by atoms with E-state index in [2.05, 4.69) is 27.7 Å². The van der Waals surface area contributed by atoms with E-state index in [-0.39, 0.29) is 0 Å². The molecule has 0 radical (unpaired) electrons. The molecular weight excluding hydrogens is 338 g/mol. The Bertz CT molecular complexity index is 498. The molecule has 0 amide bonds. The number of hydrogen-bond donors (Lipinski definition) is 0. The van der Waals surface area contributed by atoms with Crippen molar-refractivity contribution in [1.82, 2.24) is 9.78 Å². The molecule has 1 aromatic heterocycles. The van der Waals surface area contributed by atoms with Gasteiger partial charge in [-0.2, -0.15) is 5.10 Å². The van der Waals surface area contributed by atoms with Crippen LogP contribution in [0.3, 0.4) is 0 Å². The number of aromatic nitrogens is 2. The first-order chi connectivity index (χ1) is 7.69. The summed E-state index contributed by atoms with van der Waals surface area (Å²) in [5.74, 6) is 0.829. The Hall–Kier alpha value is -0.750. The lowest BCUT2D eigenvalue weighted by atomic mass is 10.2. The normalized spacial score (nSPS) is 10.4. The van der Waals surface area contributed by atoms with Gasteiger partial charge in [-0.1, -0.05) is 11.6 Å². The van der Waals surface area contributed by atoms with Crippen LogP contribution in [0.25, 0.3) is 0 Å². The van der Waals surface area contributed by atoms with E-state index in [4.69, 9.17) is 16.3 Å². The molecule has 0 aliphatic carbocycles. The Morgan fingerprint density at radius 2 is 2.31 bits per heavy atom. The van der Waals surface area contributed by atoms with E-state index in [0.717, 1.165) is 14.9 Å². The van der Waals surface area contributed by atoms with Crippen LogP contribution in [0.4, 0.5) is 0 Å². The molecule has 0 saturated carbocycles. The summed E-state index contributed by atoms with van der Waals surface area (Å²) in [6.45, 7) is 0.659. The molecule has 1 heterocycles. The van der Waals surface area contributed by atoms with Crippen LogP contribution in [0.5, 0.6) is 5.75 Å². The number of methoxy groups -OCH3 is 1. The Morgan fingerprint density at radius 1 is 1.50 bits per heavy atom. The largest absolute Gasteiger partial charge is 0.496 e. The van der Waals surface area contributed by atoms with E-state index < -0.39 is 0 Å². The summed E-state index contributed by atoms with van der Waals surface area (Å²) in [4.78, 5) is 0. The Labute approximate surface area is 113 Å². The lowest BCUT2D eigenvalue weighted by Crippen LogP contribution is -2.02. The molecule has 0 unspecified atom stereocenters. The van der Waals surface area contributed by atoms with Gasteiger partial charge in [0.2, 0.25) is 0 Å². The summed E-state index contributed by atoms with van der Waals surface area (Å²) in [6.07, 6.45) is 3.79. The second-order valence-electron chi connectivity index (χ2n) is 3.31. The second-order valence-corrected chi connectivity index (χ2v) is 4.99. The first-order valence-electron chi connectivity index (χ1n) is 4.69. The van der Waals surface area contributed by atoms with Crippen molar-refractivity contribution in [3.63, 3.8) is 0 Å². The van der Waals surface area contributed by atoms with Gasteiger partial charge in [-0.3, -0.25) is 4.68 Å². The van der Waals surface area contributed by atoms with E-state index in [1.807, 2.05) is 35.3 Å². The van der Waals surface area contributed by atoms with Gasteiger partial charge in [0.15, 0.2) is 0 Å². The van der Waals surface area contributed by atoms with Gasteiger partial charge in [-0.05, 0) is 40.8 Å². The molecule has 0 bridgehead atoms. The molecule has 0 N–H and O–H groups in total. The SMILES string of the molecule is COc1ccc(Cl)cc1Cn1cc(I)cn1. The number of hydrogen-bond acceptors (Lipinski definition) is 2. The average Bonchev–Trinajstić information content (AvgIpc) is 2.64.